The SMILES string of the molecule is Cn1c(=O)n(CCC(=O)N2CCN3CCCCC3C2)c2ccccc21. The second kappa shape index (κ2) is 6.67. The standard InChI is InChI=1S/C19H26N4O2/c1-20-16-7-2-3-8-17(16)23(19(20)25)11-9-18(24)22-13-12-21-10-5-4-6-15(21)14-22/h2-3,7-8,15H,4-6,9-14H2,1H3. The third-order valence-corrected chi connectivity index (χ3v) is 5.79. The number of aromatic nitrogens is 2. The quantitative estimate of drug-likeness (QED) is 0.848. The largest absolute Gasteiger partial charge is 0.340 e. The van der Waals surface area contributed by atoms with Crippen LogP contribution < -0.4 is 5.69 Å². The lowest BCUT2D eigenvalue weighted by Gasteiger charge is -2.44. The fourth-order valence-electron chi connectivity index (χ4n) is 4.33. The van der Waals surface area contributed by atoms with Crippen molar-refractivity contribution in [3.8, 4) is 0 Å². The van der Waals surface area contributed by atoms with Gasteiger partial charge in [0.05, 0.1) is 11.0 Å². The second-order valence-corrected chi connectivity index (χ2v) is 7.26. The highest BCUT2D eigenvalue weighted by Crippen LogP contribution is 2.21. The fourth-order valence-corrected chi connectivity index (χ4v) is 4.33. The first-order valence-electron chi connectivity index (χ1n) is 9.31. The molecule has 0 spiro atoms. The summed E-state index contributed by atoms with van der Waals surface area (Å²) in [5.41, 5.74) is 1.77. The number of hydrogen-bond acceptors (Lipinski definition) is 3. The van der Waals surface area contributed by atoms with E-state index in [0.29, 0.717) is 19.0 Å². The van der Waals surface area contributed by atoms with Gasteiger partial charge in [-0.2, -0.15) is 0 Å². The number of rotatable bonds is 3. The van der Waals surface area contributed by atoms with E-state index in [1.807, 2.05) is 29.2 Å². The Morgan fingerprint density at radius 2 is 1.92 bits per heavy atom. The van der Waals surface area contributed by atoms with Gasteiger partial charge >= 0.3 is 5.69 Å². The molecule has 1 aromatic heterocycles. The van der Waals surface area contributed by atoms with E-state index in [2.05, 4.69) is 4.90 Å². The minimum absolute atomic E-state index is 0.0499. The molecule has 1 aromatic carbocycles. The van der Waals surface area contributed by atoms with Gasteiger partial charge in [-0.1, -0.05) is 18.6 Å². The number of piperidine rings is 1. The third kappa shape index (κ3) is 2.99. The molecule has 0 radical (unpaired) electrons. The fraction of sp³-hybridized carbons (Fsp3) is 0.579. The van der Waals surface area contributed by atoms with Crippen molar-refractivity contribution in [3.05, 3.63) is 34.7 Å². The Morgan fingerprint density at radius 3 is 2.76 bits per heavy atom. The number of benzene rings is 1. The van der Waals surface area contributed by atoms with Crippen molar-refractivity contribution >= 4 is 16.9 Å². The van der Waals surface area contributed by atoms with Crippen LogP contribution in [0.5, 0.6) is 0 Å². The van der Waals surface area contributed by atoms with Crippen LogP contribution in [0.4, 0.5) is 0 Å². The lowest BCUT2D eigenvalue weighted by atomic mass is 9.99. The number of piperazine rings is 1. The van der Waals surface area contributed by atoms with Crippen molar-refractivity contribution in [2.75, 3.05) is 26.2 Å². The Balaban J connectivity index is 1.44. The first kappa shape index (κ1) is 16.4. The minimum Gasteiger partial charge on any atom is -0.340 e. The second-order valence-electron chi connectivity index (χ2n) is 7.26. The Morgan fingerprint density at radius 1 is 1.12 bits per heavy atom. The maximum atomic E-state index is 12.7. The molecule has 3 heterocycles. The van der Waals surface area contributed by atoms with Gasteiger partial charge in [0.15, 0.2) is 0 Å². The van der Waals surface area contributed by atoms with Gasteiger partial charge in [0.1, 0.15) is 0 Å². The summed E-state index contributed by atoms with van der Waals surface area (Å²) >= 11 is 0. The number of fused-ring (bicyclic) bond motifs is 2. The summed E-state index contributed by atoms with van der Waals surface area (Å²) in [4.78, 5) is 29.7. The molecule has 2 aliphatic heterocycles. The summed E-state index contributed by atoms with van der Waals surface area (Å²) in [7, 11) is 1.78. The topological polar surface area (TPSA) is 50.5 Å². The van der Waals surface area contributed by atoms with E-state index in [9.17, 15) is 9.59 Å². The molecule has 2 saturated heterocycles. The first-order chi connectivity index (χ1) is 12.1. The maximum Gasteiger partial charge on any atom is 0.328 e. The molecule has 0 N–H and O–H groups in total. The summed E-state index contributed by atoms with van der Waals surface area (Å²) < 4.78 is 3.38. The molecule has 4 rings (SSSR count). The summed E-state index contributed by atoms with van der Waals surface area (Å²) in [6.07, 6.45) is 4.15. The molecule has 0 bridgehead atoms. The van der Waals surface area contributed by atoms with Gasteiger partial charge in [0, 0.05) is 45.7 Å². The molecule has 6 heteroatoms. The average Bonchev–Trinajstić information content (AvgIpc) is 2.90. The zero-order chi connectivity index (χ0) is 17.4. The van der Waals surface area contributed by atoms with Crippen LogP contribution in [0, 0.1) is 0 Å². The van der Waals surface area contributed by atoms with E-state index in [1.54, 1.807) is 16.2 Å². The molecule has 0 aliphatic carbocycles. The smallest absolute Gasteiger partial charge is 0.328 e. The van der Waals surface area contributed by atoms with E-state index < -0.39 is 0 Å². The molecular weight excluding hydrogens is 316 g/mol. The lowest BCUT2D eigenvalue weighted by Crippen LogP contribution is -2.56. The molecule has 25 heavy (non-hydrogen) atoms. The Bertz CT molecular complexity index is 838. The molecule has 2 fully saturated rings. The van der Waals surface area contributed by atoms with E-state index in [-0.39, 0.29) is 11.6 Å². The van der Waals surface area contributed by atoms with Gasteiger partial charge in [-0.05, 0) is 31.5 Å². The van der Waals surface area contributed by atoms with Crippen LogP contribution >= 0.6 is 0 Å². The van der Waals surface area contributed by atoms with E-state index in [4.69, 9.17) is 0 Å². The number of amides is 1. The van der Waals surface area contributed by atoms with Gasteiger partial charge in [-0.3, -0.25) is 18.8 Å². The minimum atomic E-state index is -0.0499. The summed E-state index contributed by atoms with van der Waals surface area (Å²) in [5, 5.41) is 0. The van der Waals surface area contributed by atoms with Crippen molar-refractivity contribution in [1.82, 2.24) is 18.9 Å². The molecule has 0 saturated carbocycles. The summed E-state index contributed by atoms with van der Waals surface area (Å²) in [6.45, 7) is 4.29. The van der Waals surface area contributed by atoms with Crippen LogP contribution in [0.3, 0.4) is 0 Å². The van der Waals surface area contributed by atoms with Crippen molar-refractivity contribution in [3.63, 3.8) is 0 Å². The molecular formula is C19H26N4O2. The van der Waals surface area contributed by atoms with Crippen LogP contribution in [0.1, 0.15) is 25.7 Å². The van der Waals surface area contributed by atoms with Gasteiger partial charge in [-0.15, -0.1) is 0 Å². The van der Waals surface area contributed by atoms with Crippen LogP contribution in [0.25, 0.3) is 11.0 Å². The molecule has 134 valence electrons. The normalized spacial score (nSPS) is 21.5. The van der Waals surface area contributed by atoms with E-state index in [1.165, 1.54) is 25.8 Å². The van der Waals surface area contributed by atoms with Gasteiger partial charge < -0.3 is 4.90 Å². The molecule has 1 unspecified atom stereocenters. The van der Waals surface area contributed by atoms with Crippen molar-refractivity contribution in [2.24, 2.45) is 7.05 Å². The predicted octanol–water partition coefficient (Wildman–Crippen LogP) is 1.43. The summed E-state index contributed by atoms with van der Waals surface area (Å²) in [6, 6.07) is 8.29. The van der Waals surface area contributed by atoms with Crippen LogP contribution in [0.15, 0.2) is 29.1 Å². The molecule has 1 atom stereocenters. The molecule has 2 aliphatic rings. The molecule has 2 aromatic rings. The van der Waals surface area contributed by atoms with Crippen molar-refractivity contribution in [2.45, 2.75) is 38.3 Å². The Hall–Kier alpha value is -2.08. The number of carbonyl (C=O) groups excluding carboxylic acids is 1. The molecule has 6 nitrogen and oxygen atoms in total. The monoisotopic (exact) mass is 342 g/mol. The number of aryl methyl sites for hydroxylation is 2. The highest BCUT2D eigenvalue weighted by Gasteiger charge is 2.30. The number of imidazole rings is 1. The number of para-hydroxylation sites is 2. The highest BCUT2D eigenvalue weighted by molar-refractivity contribution is 5.78. The number of hydrogen-bond donors (Lipinski definition) is 0. The highest BCUT2D eigenvalue weighted by atomic mass is 16.2. The third-order valence-electron chi connectivity index (χ3n) is 5.79. The zero-order valence-electron chi connectivity index (χ0n) is 14.9. The van der Waals surface area contributed by atoms with Gasteiger partial charge in [0.2, 0.25) is 5.91 Å². The van der Waals surface area contributed by atoms with Gasteiger partial charge in [0.25, 0.3) is 0 Å². The van der Waals surface area contributed by atoms with E-state index >= 15 is 0 Å². The van der Waals surface area contributed by atoms with Crippen LogP contribution in [-0.2, 0) is 18.4 Å². The van der Waals surface area contributed by atoms with Crippen LogP contribution in [0.2, 0.25) is 0 Å². The summed E-state index contributed by atoms with van der Waals surface area (Å²) in [5.74, 6) is 0.171. The molecule has 1 amide bonds. The maximum absolute atomic E-state index is 12.7. The predicted molar refractivity (Wildman–Crippen MR) is 97.6 cm³/mol. The van der Waals surface area contributed by atoms with E-state index in [0.717, 1.165) is 30.7 Å². The average molecular weight is 342 g/mol. The Labute approximate surface area is 147 Å². The number of nitrogens with zero attached hydrogens (tertiary/aromatic N) is 4. The zero-order valence-corrected chi connectivity index (χ0v) is 14.9. The lowest BCUT2D eigenvalue weighted by molar-refractivity contribution is -0.135. The Kier molecular flexibility index (Phi) is 4.37. The van der Waals surface area contributed by atoms with Crippen LogP contribution in [-0.4, -0.2) is 57.1 Å². The number of carbonyl (C=O) groups is 1. The van der Waals surface area contributed by atoms with Crippen molar-refractivity contribution in [1.29, 1.82) is 0 Å². The first-order valence-corrected chi connectivity index (χ1v) is 9.31. The van der Waals surface area contributed by atoms with Crippen molar-refractivity contribution < 1.29 is 4.79 Å². The van der Waals surface area contributed by atoms with Gasteiger partial charge in [-0.25, -0.2) is 4.79 Å².